The molecule has 4 nitrogen and oxygen atoms in total. The van der Waals surface area contributed by atoms with Crippen LogP contribution in [0.5, 0.6) is 5.75 Å². The largest absolute Gasteiger partial charge is 0.492 e. The molecule has 0 saturated heterocycles. The van der Waals surface area contributed by atoms with Crippen molar-refractivity contribution in [2.45, 2.75) is 6.92 Å². The molecule has 0 aliphatic heterocycles. The Balaban J connectivity index is 2.33. The van der Waals surface area contributed by atoms with Crippen molar-refractivity contribution >= 4 is 23.0 Å². The maximum Gasteiger partial charge on any atom is 0.223 e. The molecule has 2 rings (SSSR count). The van der Waals surface area contributed by atoms with Gasteiger partial charge in [-0.05, 0) is 16.8 Å². The van der Waals surface area contributed by atoms with Gasteiger partial charge >= 0.3 is 0 Å². The van der Waals surface area contributed by atoms with E-state index in [1.54, 1.807) is 13.0 Å². The Morgan fingerprint density at radius 3 is 2.74 bits per heavy atom. The van der Waals surface area contributed by atoms with Gasteiger partial charge in [-0.3, -0.25) is 9.59 Å². The standard InChI is InChI=1S/C15H15NO3/c1-10(15(16)18)9-19-14-7-6-11-4-2-3-5-12(11)13(14)8-17/h2-8,10H,9H2,1H3,(H2,16,18). The fourth-order valence-electron chi connectivity index (χ4n) is 1.82. The lowest BCUT2D eigenvalue weighted by Crippen LogP contribution is -2.26. The fraction of sp³-hybridized carbons (Fsp3) is 0.200. The lowest BCUT2D eigenvalue weighted by atomic mass is 10.0. The van der Waals surface area contributed by atoms with Crippen LogP contribution in [0.1, 0.15) is 17.3 Å². The molecule has 0 heterocycles. The molecule has 0 saturated carbocycles. The maximum absolute atomic E-state index is 11.2. The molecular weight excluding hydrogens is 242 g/mol. The summed E-state index contributed by atoms with van der Waals surface area (Å²) in [6.45, 7) is 1.85. The Labute approximate surface area is 111 Å². The van der Waals surface area contributed by atoms with Gasteiger partial charge in [0.25, 0.3) is 0 Å². The second-order valence-electron chi connectivity index (χ2n) is 4.43. The van der Waals surface area contributed by atoms with Crippen LogP contribution in [-0.2, 0) is 4.79 Å². The summed E-state index contributed by atoms with van der Waals surface area (Å²) in [7, 11) is 0. The number of benzene rings is 2. The van der Waals surface area contributed by atoms with Crippen molar-refractivity contribution in [3.05, 3.63) is 42.0 Å². The summed E-state index contributed by atoms with van der Waals surface area (Å²) in [5.74, 6) is -0.346. The van der Waals surface area contributed by atoms with Crippen LogP contribution in [0.25, 0.3) is 10.8 Å². The zero-order valence-electron chi connectivity index (χ0n) is 10.6. The molecule has 1 amide bonds. The van der Waals surface area contributed by atoms with Gasteiger partial charge < -0.3 is 10.5 Å². The molecule has 19 heavy (non-hydrogen) atoms. The molecule has 98 valence electrons. The normalized spacial score (nSPS) is 12.1. The first-order valence-corrected chi connectivity index (χ1v) is 6.02. The summed E-state index contributed by atoms with van der Waals surface area (Å²) in [6.07, 6.45) is 0.770. The number of nitrogens with two attached hydrogens (primary N) is 1. The van der Waals surface area contributed by atoms with Crippen LogP contribution in [-0.4, -0.2) is 18.8 Å². The van der Waals surface area contributed by atoms with E-state index >= 15 is 0 Å². The predicted molar refractivity (Wildman–Crippen MR) is 73.2 cm³/mol. The number of fused-ring (bicyclic) bond motifs is 1. The van der Waals surface area contributed by atoms with E-state index in [4.69, 9.17) is 10.5 Å². The monoisotopic (exact) mass is 257 g/mol. The highest BCUT2D eigenvalue weighted by molar-refractivity contribution is 6.00. The zero-order valence-corrected chi connectivity index (χ0v) is 10.6. The summed E-state index contributed by atoms with van der Waals surface area (Å²) in [5.41, 5.74) is 5.67. The number of hydrogen-bond acceptors (Lipinski definition) is 3. The van der Waals surface area contributed by atoms with E-state index in [1.165, 1.54) is 0 Å². The minimum absolute atomic E-state index is 0.161. The van der Waals surface area contributed by atoms with Crippen LogP contribution in [0.2, 0.25) is 0 Å². The van der Waals surface area contributed by atoms with Gasteiger partial charge in [-0.25, -0.2) is 0 Å². The Kier molecular flexibility index (Phi) is 3.80. The molecule has 0 bridgehead atoms. The molecule has 0 aliphatic carbocycles. The van der Waals surface area contributed by atoms with Crippen molar-refractivity contribution < 1.29 is 14.3 Å². The number of carbonyl (C=O) groups excluding carboxylic acids is 2. The van der Waals surface area contributed by atoms with Crippen LogP contribution in [0.3, 0.4) is 0 Å². The lowest BCUT2D eigenvalue weighted by molar-refractivity contribution is -0.122. The van der Waals surface area contributed by atoms with Gasteiger partial charge in [-0.1, -0.05) is 37.3 Å². The SMILES string of the molecule is CC(COc1ccc2ccccc2c1C=O)C(N)=O. The van der Waals surface area contributed by atoms with Crippen LogP contribution < -0.4 is 10.5 Å². The van der Waals surface area contributed by atoms with Gasteiger partial charge in [0.05, 0.1) is 18.1 Å². The third-order valence-corrected chi connectivity index (χ3v) is 3.02. The van der Waals surface area contributed by atoms with Gasteiger partial charge in [0.15, 0.2) is 6.29 Å². The van der Waals surface area contributed by atoms with Crippen molar-refractivity contribution in [3.8, 4) is 5.75 Å². The van der Waals surface area contributed by atoms with E-state index in [2.05, 4.69) is 0 Å². The van der Waals surface area contributed by atoms with E-state index in [0.29, 0.717) is 11.3 Å². The van der Waals surface area contributed by atoms with E-state index in [0.717, 1.165) is 17.1 Å². The van der Waals surface area contributed by atoms with Gasteiger partial charge in [-0.2, -0.15) is 0 Å². The van der Waals surface area contributed by atoms with E-state index in [9.17, 15) is 9.59 Å². The summed E-state index contributed by atoms with van der Waals surface area (Å²) in [4.78, 5) is 22.2. The quantitative estimate of drug-likeness (QED) is 0.834. The maximum atomic E-state index is 11.2. The molecule has 1 unspecified atom stereocenters. The van der Waals surface area contributed by atoms with Crippen molar-refractivity contribution in [2.75, 3.05) is 6.61 Å². The molecule has 0 radical (unpaired) electrons. The summed E-state index contributed by atoms with van der Waals surface area (Å²) >= 11 is 0. The molecule has 0 spiro atoms. The highest BCUT2D eigenvalue weighted by atomic mass is 16.5. The molecular formula is C15H15NO3. The molecule has 4 heteroatoms. The highest BCUT2D eigenvalue weighted by Gasteiger charge is 2.12. The average molecular weight is 257 g/mol. The van der Waals surface area contributed by atoms with Crippen molar-refractivity contribution in [1.82, 2.24) is 0 Å². The molecule has 0 aromatic heterocycles. The van der Waals surface area contributed by atoms with Crippen molar-refractivity contribution in [1.29, 1.82) is 0 Å². The van der Waals surface area contributed by atoms with E-state index < -0.39 is 11.8 Å². The molecule has 2 aromatic rings. The summed E-state index contributed by atoms with van der Waals surface area (Å²) in [5, 5.41) is 1.81. The zero-order chi connectivity index (χ0) is 13.8. The minimum atomic E-state index is -0.423. The highest BCUT2D eigenvalue weighted by Crippen LogP contribution is 2.26. The Bertz CT molecular complexity index is 622. The second kappa shape index (κ2) is 5.52. The van der Waals surface area contributed by atoms with Crippen LogP contribution >= 0.6 is 0 Å². The van der Waals surface area contributed by atoms with Crippen LogP contribution in [0.4, 0.5) is 0 Å². The Hall–Kier alpha value is -2.36. The number of amides is 1. The first-order chi connectivity index (χ1) is 9.13. The van der Waals surface area contributed by atoms with Crippen LogP contribution in [0.15, 0.2) is 36.4 Å². The third kappa shape index (κ3) is 2.73. The summed E-state index contributed by atoms with van der Waals surface area (Å²) in [6, 6.07) is 11.2. The minimum Gasteiger partial charge on any atom is -0.492 e. The fourth-order valence-corrected chi connectivity index (χ4v) is 1.82. The number of aldehydes is 1. The average Bonchev–Trinajstić information content (AvgIpc) is 2.43. The number of primary amides is 1. The summed E-state index contributed by atoms with van der Waals surface area (Å²) < 4.78 is 5.53. The second-order valence-corrected chi connectivity index (χ2v) is 4.43. The first-order valence-electron chi connectivity index (χ1n) is 6.02. The lowest BCUT2D eigenvalue weighted by Gasteiger charge is -2.13. The van der Waals surface area contributed by atoms with Gasteiger partial charge in [-0.15, -0.1) is 0 Å². The van der Waals surface area contributed by atoms with Crippen molar-refractivity contribution in [2.24, 2.45) is 11.7 Å². The molecule has 2 N–H and O–H groups in total. The Morgan fingerprint density at radius 1 is 1.32 bits per heavy atom. The Morgan fingerprint density at radius 2 is 2.05 bits per heavy atom. The number of ether oxygens (including phenoxy) is 1. The number of hydrogen-bond donors (Lipinski definition) is 1. The molecule has 0 aliphatic rings. The van der Waals surface area contributed by atoms with E-state index in [1.807, 2.05) is 30.3 Å². The number of rotatable bonds is 5. The first kappa shape index (κ1) is 13.1. The van der Waals surface area contributed by atoms with Crippen molar-refractivity contribution in [3.63, 3.8) is 0 Å². The smallest absolute Gasteiger partial charge is 0.223 e. The topological polar surface area (TPSA) is 69.4 Å². The number of carbonyl (C=O) groups is 2. The van der Waals surface area contributed by atoms with Gasteiger partial charge in [0.1, 0.15) is 5.75 Å². The van der Waals surface area contributed by atoms with Gasteiger partial charge in [0, 0.05) is 0 Å². The van der Waals surface area contributed by atoms with Gasteiger partial charge in [0.2, 0.25) is 5.91 Å². The predicted octanol–water partition coefficient (Wildman–Crippen LogP) is 2.15. The van der Waals surface area contributed by atoms with E-state index in [-0.39, 0.29) is 6.61 Å². The molecule has 0 fully saturated rings. The molecule has 1 atom stereocenters. The molecule has 2 aromatic carbocycles. The van der Waals surface area contributed by atoms with Crippen LogP contribution in [0, 0.1) is 5.92 Å². The third-order valence-electron chi connectivity index (χ3n) is 3.02.